The van der Waals surface area contributed by atoms with Gasteiger partial charge in [0.1, 0.15) is 5.75 Å². The molecule has 2 nitrogen and oxygen atoms in total. The van der Waals surface area contributed by atoms with Gasteiger partial charge in [-0.3, -0.25) is 0 Å². The summed E-state index contributed by atoms with van der Waals surface area (Å²) in [7, 11) is 1.70. The number of aryl methyl sites for hydroxylation is 1. The molecule has 0 unspecified atom stereocenters. The lowest BCUT2D eigenvalue weighted by atomic mass is 10.1. The van der Waals surface area contributed by atoms with Crippen molar-refractivity contribution < 1.29 is 4.74 Å². The number of hydrogen-bond acceptors (Lipinski definition) is 2. The summed E-state index contributed by atoms with van der Waals surface area (Å²) in [5.41, 5.74) is 3.44. The Kier molecular flexibility index (Phi) is 5.05. The van der Waals surface area contributed by atoms with E-state index >= 15 is 0 Å². The largest absolute Gasteiger partial charge is 0.496 e. The van der Waals surface area contributed by atoms with Crippen LogP contribution in [-0.2, 0) is 6.54 Å². The highest BCUT2D eigenvalue weighted by atomic mass is 35.5. The molecule has 1 N–H and O–H groups in total. The smallest absolute Gasteiger partial charge is 0.123 e. The Hall–Kier alpha value is -1.51. The van der Waals surface area contributed by atoms with Gasteiger partial charge in [0.2, 0.25) is 0 Å². The van der Waals surface area contributed by atoms with E-state index in [0.29, 0.717) is 0 Å². The maximum Gasteiger partial charge on any atom is 0.123 e. The lowest BCUT2D eigenvalue weighted by molar-refractivity contribution is 0.401. The summed E-state index contributed by atoms with van der Waals surface area (Å²) in [6.07, 6.45) is 0. The van der Waals surface area contributed by atoms with Gasteiger partial charge in [0.25, 0.3) is 0 Å². The van der Waals surface area contributed by atoms with Crippen molar-refractivity contribution in [3.05, 3.63) is 64.2 Å². The molecule has 1 atom stereocenters. The molecule has 0 amide bonds. The second kappa shape index (κ2) is 6.78. The predicted molar refractivity (Wildman–Crippen MR) is 84.4 cm³/mol. The van der Waals surface area contributed by atoms with Crippen molar-refractivity contribution in [1.29, 1.82) is 0 Å². The molecule has 106 valence electrons. The molecule has 2 aromatic carbocycles. The van der Waals surface area contributed by atoms with Crippen LogP contribution in [0.1, 0.15) is 29.7 Å². The molecule has 0 aliphatic rings. The van der Waals surface area contributed by atoms with Crippen molar-refractivity contribution in [3.8, 4) is 5.75 Å². The van der Waals surface area contributed by atoms with E-state index in [-0.39, 0.29) is 6.04 Å². The van der Waals surface area contributed by atoms with Crippen LogP contribution < -0.4 is 10.1 Å². The van der Waals surface area contributed by atoms with Crippen LogP contribution in [0.5, 0.6) is 5.75 Å². The summed E-state index contributed by atoms with van der Waals surface area (Å²) in [6.45, 7) is 4.90. The Bertz CT molecular complexity index is 583. The zero-order valence-corrected chi connectivity index (χ0v) is 12.9. The van der Waals surface area contributed by atoms with E-state index in [4.69, 9.17) is 16.3 Å². The second-order valence-electron chi connectivity index (χ2n) is 4.94. The highest BCUT2D eigenvalue weighted by Crippen LogP contribution is 2.25. The molecule has 0 saturated carbocycles. The van der Waals surface area contributed by atoms with Gasteiger partial charge in [0, 0.05) is 23.2 Å². The number of rotatable bonds is 5. The summed E-state index contributed by atoms with van der Waals surface area (Å²) >= 11 is 6.25. The Labute approximate surface area is 125 Å². The van der Waals surface area contributed by atoms with Crippen LogP contribution in [-0.4, -0.2) is 7.11 Å². The molecule has 0 aliphatic heterocycles. The topological polar surface area (TPSA) is 21.3 Å². The SMILES string of the molecule is COc1ccccc1[C@H](C)NCc1ccc(C)cc1Cl. The van der Waals surface area contributed by atoms with Crippen LogP contribution in [0, 0.1) is 6.92 Å². The average molecular weight is 290 g/mol. The molecular weight excluding hydrogens is 270 g/mol. The van der Waals surface area contributed by atoms with Gasteiger partial charge in [-0.25, -0.2) is 0 Å². The summed E-state index contributed by atoms with van der Waals surface area (Å²) < 4.78 is 5.39. The van der Waals surface area contributed by atoms with Crippen molar-refractivity contribution in [1.82, 2.24) is 5.32 Å². The van der Waals surface area contributed by atoms with Crippen LogP contribution >= 0.6 is 11.6 Å². The average Bonchev–Trinajstić information content (AvgIpc) is 2.46. The number of nitrogens with one attached hydrogen (secondary N) is 1. The molecule has 0 aromatic heterocycles. The third kappa shape index (κ3) is 3.53. The maximum absolute atomic E-state index is 6.25. The monoisotopic (exact) mass is 289 g/mol. The minimum Gasteiger partial charge on any atom is -0.496 e. The number of benzene rings is 2. The van der Waals surface area contributed by atoms with E-state index in [1.54, 1.807) is 7.11 Å². The second-order valence-corrected chi connectivity index (χ2v) is 5.35. The predicted octanol–water partition coefficient (Wildman–Crippen LogP) is 4.51. The van der Waals surface area contributed by atoms with Crippen molar-refractivity contribution in [2.45, 2.75) is 26.4 Å². The summed E-state index contributed by atoms with van der Waals surface area (Å²) in [6, 6.07) is 14.4. The zero-order valence-electron chi connectivity index (χ0n) is 12.1. The van der Waals surface area contributed by atoms with Crippen LogP contribution in [0.25, 0.3) is 0 Å². The quantitative estimate of drug-likeness (QED) is 0.874. The Morgan fingerprint density at radius 3 is 2.65 bits per heavy atom. The fourth-order valence-electron chi connectivity index (χ4n) is 2.19. The standard InChI is InChI=1S/C17H20ClNO/c1-12-8-9-14(16(18)10-12)11-19-13(2)15-6-4-5-7-17(15)20-3/h4-10,13,19H,11H2,1-3H3/t13-/m0/s1. The molecule has 0 heterocycles. The van der Waals surface area contributed by atoms with E-state index in [1.165, 1.54) is 5.56 Å². The Balaban J connectivity index is 2.06. The molecule has 3 heteroatoms. The fourth-order valence-corrected chi connectivity index (χ4v) is 2.49. The van der Waals surface area contributed by atoms with E-state index in [0.717, 1.165) is 28.4 Å². The molecule has 0 spiro atoms. The number of halogens is 1. The number of hydrogen-bond donors (Lipinski definition) is 1. The number of para-hydroxylation sites is 1. The molecule has 20 heavy (non-hydrogen) atoms. The van der Waals surface area contributed by atoms with Crippen LogP contribution in [0.3, 0.4) is 0 Å². The molecular formula is C17H20ClNO. The van der Waals surface area contributed by atoms with Gasteiger partial charge in [-0.2, -0.15) is 0 Å². The van der Waals surface area contributed by atoms with Gasteiger partial charge in [-0.1, -0.05) is 41.9 Å². The highest BCUT2D eigenvalue weighted by molar-refractivity contribution is 6.31. The molecule has 0 bridgehead atoms. The van der Waals surface area contributed by atoms with Gasteiger partial charge in [-0.15, -0.1) is 0 Å². The normalized spacial score (nSPS) is 12.2. The first kappa shape index (κ1) is 14.9. The zero-order chi connectivity index (χ0) is 14.5. The van der Waals surface area contributed by atoms with E-state index < -0.39 is 0 Å². The van der Waals surface area contributed by atoms with Gasteiger partial charge < -0.3 is 10.1 Å². The highest BCUT2D eigenvalue weighted by Gasteiger charge is 2.10. The van der Waals surface area contributed by atoms with Gasteiger partial charge >= 0.3 is 0 Å². The van der Waals surface area contributed by atoms with Gasteiger partial charge in [0.15, 0.2) is 0 Å². The Morgan fingerprint density at radius 1 is 1.20 bits per heavy atom. The van der Waals surface area contributed by atoms with E-state index in [2.05, 4.69) is 30.4 Å². The van der Waals surface area contributed by atoms with E-state index in [9.17, 15) is 0 Å². The van der Waals surface area contributed by atoms with Crippen LogP contribution in [0.15, 0.2) is 42.5 Å². The first-order valence-corrected chi connectivity index (χ1v) is 7.11. The minimum atomic E-state index is 0.198. The molecule has 2 aromatic rings. The first-order valence-electron chi connectivity index (χ1n) is 6.73. The van der Waals surface area contributed by atoms with Crippen LogP contribution in [0.4, 0.5) is 0 Å². The van der Waals surface area contributed by atoms with Crippen molar-refractivity contribution in [3.63, 3.8) is 0 Å². The molecule has 0 radical (unpaired) electrons. The number of methoxy groups -OCH3 is 1. The van der Waals surface area contributed by atoms with Gasteiger partial charge in [0.05, 0.1) is 7.11 Å². The lowest BCUT2D eigenvalue weighted by Gasteiger charge is -2.17. The van der Waals surface area contributed by atoms with Crippen molar-refractivity contribution in [2.24, 2.45) is 0 Å². The van der Waals surface area contributed by atoms with Crippen molar-refractivity contribution in [2.75, 3.05) is 7.11 Å². The molecule has 2 rings (SSSR count). The van der Waals surface area contributed by atoms with Gasteiger partial charge in [-0.05, 0) is 37.1 Å². The third-order valence-corrected chi connectivity index (χ3v) is 3.76. The lowest BCUT2D eigenvalue weighted by Crippen LogP contribution is -2.18. The summed E-state index contributed by atoms with van der Waals surface area (Å²) in [4.78, 5) is 0. The third-order valence-electron chi connectivity index (χ3n) is 3.41. The van der Waals surface area contributed by atoms with E-state index in [1.807, 2.05) is 31.2 Å². The molecule has 0 saturated heterocycles. The first-order chi connectivity index (χ1) is 9.61. The minimum absolute atomic E-state index is 0.198. The molecule has 0 fully saturated rings. The summed E-state index contributed by atoms with van der Waals surface area (Å²) in [5.74, 6) is 0.905. The van der Waals surface area contributed by atoms with Crippen LogP contribution in [0.2, 0.25) is 5.02 Å². The summed E-state index contributed by atoms with van der Waals surface area (Å²) in [5, 5.41) is 4.30. The number of ether oxygens (including phenoxy) is 1. The molecule has 0 aliphatic carbocycles. The Morgan fingerprint density at radius 2 is 1.95 bits per heavy atom. The van der Waals surface area contributed by atoms with Crippen molar-refractivity contribution >= 4 is 11.6 Å². The maximum atomic E-state index is 6.25. The fraction of sp³-hybridized carbons (Fsp3) is 0.294.